The number of hydrogen-bond acceptors (Lipinski definition) is 3. The van der Waals surface area contributed by atoms with Crippen LogP contribution >= 0.6 is 0 Å². The normalized spacial score (nSPS) is 14.0. The Balaban J connectivity index is 3.33. The Kier molecular flexibility index (Phi) is 5.68. The van der Waals surface area contributed by atoms with Crippen molar-refractivity contribution in [2.24, 2.45) is 5.16 Å². The molecule has 1 N–H and O–H groups in total. The lowest BCUT2D eigenvalue weighted by atomic mass is 9.91. The fourth-order valence-electron chi connectivity index (χ4n) is 1.98. The maximum absolute atomic E-state index is 12.8. The Morgan fingerprint density at radius 3 is 1.87 bits per heavy atom. The monoisotopic (exact) mass is 343 g/mol. The minimum absolute atomic E-state index is 0.309. The minimum atomic E-state index is -5.90. The number of alkyl halides is 6. The number of hydrogen-bond donors (Lipinski definition) is 1. The second-order valence-corrected chi connectivity index (χ2v) is 4.75. The first-order valence-corrected chi connectivity index (χ1v) is 6.55. The first-order chi connectivity index (χ1) is 10.5. The summed E-state index contributed by atoms with van der Waals surface area (Å²) in [5.41, 5.74) is -5.55. The first-order valence-electron chi connectivity index (χ1n) is 6.55. The molecule has 9 heteroatoms. The Bertz CT molecular complexity index is 534. The number of benzene rings is 1. The number of rotatable bonds is 5. The summed E-state index contributed by atoms with van der Waals surface area (Å²) in [6.45, 7) is 1.83. The van der Waals surface area contributed by atoms with Crippen molar-refractivity contribution in [3.05, 3.63) is 35.4 Å². The molecule has 1 rings (SSSR count). The zero-order valence-electron chi connectivity index (χ0n) is 12.3. The van der Waals surface area contributed by atoms with Gasteiger partial charge in [0.1, 0.15) is 7.11 Å². The molecule has 0 saturated heterocycles. The lowest BCUT2D eigenvalue weighted by Crippen LogP contribution is -2.53. The highest BCUT2D eigenvalue weighted by Crippen LogP contribution is 2.49. The van der Waals surface area contributed by atoms with Gasteiger partial charge in [-0.15, -0.1) is 0 Å². The second-order valence-electron chi connectivity index (χ2n) is 4.75. The maximum Gasteiger partial charge on any atom is 0.430 e. The molecule has 3 nitrogen and oxygen atoms in total. The van der Waals surface area contributed by atoms with Gasteiger partial charge in [-0.25, -0.2) is 0 Å². The summed E-state index contributed by atoms with van der Waals surface area (Å²) in [5, 5.41) is 13.0. The van der Waals surface area contributed by atoms with E-state index in [-0.39, 0.29) is 0 Å². The standard InChI is InChI=1S/C14H15F6NO2/c1-3-4-11(21-23-2)9-5-7-10(8-6-9)12(22,13(15,16)17)14(18,19)20/h5-8,22H,3-4H2,1-2H3. The Morgan fingerprint density at radius 1 is 1.04 bits per heavy atom. The molecule has 0 fully saturated rings. The van der Waals surface area contributed by atoms with Gasteiger partial charge in [-0.1, -0.05) is 42.8 Å². The van der Waals surface area contributed by atoms with Crippen molar-refractivity contribution in [2.45, 2.75) is 37.7 Å². The van der Waals surface area contributed by atoms with Gasteiger partial charge in [-0.05, 0) is 12.0 Å². The molecule has 0 spiro atoms. The van der Waals surface area contributed by atoms with Crippen molar-refractivity contribution in [3.8, 4) is 0 Å². The van der Waals surface area contributed by atoms with Crippen LogP contribution in [0.1, 0.15) is 30.9 Å². The molecule has 0 bridgehead atoms. The molecule has 0 saturated carbocycles. The van der Waals surface area contributed by atoms with Gasteiger partial charge in [0.05, 0.1) is 5.71 Å². The van der Waals surface area contributed by atoms with Crippen molar-refractivity contribution in [3.63, 3.8) is 0 Å². The molecule has 0 unspecified atom stereocenters. The van der Waals surface area contributed by atoms with Crippen molar-refractivity contribution in [1.29, 1.82) is 0 Å². The largest absolute Gasteiger partial charge is 0.430 e. The fourth-order valence-corrected chi connectivity index (χ4v) is 1.98. The number of nitrogens with zero attached hydrogens (tertiary/aromatic N) is 1. The second kappa shape index (κ2) is 6.77. The average molecular weight is 343 g/mol. The third-order valence-electron chi connectivity index (χ3n) is 3.14. The van der Waals surface area contributed by atoms with Gasteiger partial charge in [-0.2, -0.15) is 26.3 Å². The Morgan fingerprint density at radius 2 is 1.52 bits per heavy atom. The van der Waals surface area contributed by atoms with E-state index in [1.807, 2.05) is 6.92 Å². The highest BCUT2D eigenvalue weighted by molar-refractivity contribution is 6.00. The lowest BCUT2D eigenvalue weighted by Gasteiger charge is -2.32. The van der Waals surface area contributed by atoms with E-state index < -0.39 is 23.5 Å². The highest BCUT2D eigenvalue weighted by Gasteiger charge is 2.71. The van der Waals surface area contributed by atoms with E-state index in [2.05, 4.69) is 9.99 Å². The zero-order valence-corrected chi connectivity index (χ0v) is 12.3. The Hall–Kier alpha value is -1.77. The van der Waals surface area contributed by atoms with Crippen LogP contribution in [0, 0.1) is 0 Å². The molecule has 0 aliphatic carbocycles. The van der Waals surface area contributed by atoms with E-state index in [0.29, 0.717) is 36.2 Å². The van der Waals surface area contributed by atoms with Gasteiger partial charge in [0, 0.05) is 5.56 Å². The summed E-state index contributed by atoms with van der Waals surface area (Å²) in [4.78, 5) is 4.60. The van der Waals surface area contributed by atoms with Crippen molar-refractivity contribution >= 4 is 5.71 Å². The molecule has 0 atom stereocenters. The van der Waals surface area contributed by atoms with E-state index in [4.69, 9.17) is 0 Å². The van der Waals surface area contributed by atoms with Crippen LogP contribution in [0.25, 0.3) is 0 Å². The van der Waals surface area contributed by atoms with Gasteiger partial charge in [0.15, 0.2) is 0 Å². The van der Waals surface area contributed by atoms with Gasteiger partial charge in [0.2, 0.25) is 0 Å². The quantitative estimate of drug-likeness (QED) is 0.496. The average Bonchev–Trinajstić information content (AvgIpc) is 2.44. The number of oxime groups is 1. The van der Waals surface area contributed by atoms with E-state index in [1.54, 1.807) is 0 Å². The van der Waals surface area contributed by atoms with E-state index in [0.717, 1.165) is 12.1 Å². The summed E-state index contributed by atoms with van der Waals surface area (Å²) in [6.07, 6.45) is -10.7. The molecule has 0 aliphatic heterocycles. The summed E-state index contributed by atoms with van der Waals surface area (Å²) in [5.74, 6) is 0. The molecule has 0 amide bonds. The molecule has 1 aromatic carbocycles. The first kappa shape index (κ1) is 19.3. The van der Waals surface area contributed by atoms with Crippen LogP contribution < -0.4 is 0 Å². The zero-order chi connectivity index (χ0) is 17.9. The fraction of sp³-hybridized carbons (Fsp3) is 0.500. The molecule has 0 aliphatic rings. The van der Waals surface area contributed by atoms with Crippen LogP contribution in [0.2, 0.25) is 0 Å². The summed E-state index contributed by atoms with van der Waals surface area (Å²) < 4.78 is 76.6. The summed E-state index contributed by atoms with van der Waals surface area (Å²) in [7, 11) is 1.27. The number of aliphatic hydroxyl groups is 1. The molecule has 0 aromatic heterocycles. The summed E-state index contributed by atoms with van der Waals surface area (Å²) in [6, 6.07) is 3.23. The molecule has 0 radical (unpaired) electrons. The predicted octanol–water partition coefficient (Wildman–Crippen LogP) is 4.15. The highest BCUT2D eigenvalue weighted by atomic mass is 19.4. The van der Waals surface area contributed by atoms with Crippen molar-refractivity contribution < 1.29 is 36.3 Å². The van der Waals surface area contributed by atoms with E-state index >= 15 is 0 Å². The topological polar surface area (TPSA) is 41.8 Å². The minimum Gasteiger partial charge on any atom is -0.399 e. The molecule has 0 heterocycles. The molecule has 1 aromatic rings. The molecular weight excluding hydrogens is 328 g/mol. The molecule has 23 heavy (non-hydrogen) atoms. The Labute approximate surface area is 128 Å². The van der Waals surface area contributed by atoms with Gasteiger partial charge in [0.25, 0.3) is 5.60 Å². The molecular formula is C14H15F6NO2. The third-order valence-corrected chi connectivity index (χ3v) is 3.14. The van der Waals surface area contributed by atoms with Crippen molar-refractivity contribution in [1.82, 2.24) is 0 Å². The predicted molar refractivity (Wildman–Crippen MR) is 70.9 cm³/mol. The number of halogens is 6. The summed E-state index contributed by atoms with van der Waals surface area (Å²) >= 11 is 0. The third kappa shape index (κ3) is 3.77. The van der Waals surface area contributed by atoms with Crippen LogP contribution in [0.3, 0.4) is 0 Å². The SMILES string of the molecule is CCCC(=NOC)c1ccc(C(O)(C(F)(F)F)C(F)(F)F)cc1. The lowest BCUT2D eigenvalue weighted by molar-refractivity contribution is -0.376. The van der Waals surface area contributed by atoms with Crippen LogP contribution in [0.5, 0.6) is 0 Å². The van der Waals surface area contributed by atoms with E-state index in [9.17, 15) is 31.4 Å². The smallest absolute Gasteiger partial charge is 0.399 e. The van der Waals surface area contributed by atoms with Gasteiger partial charge in [-0.3, -0.25) is 0 Å². The van der Waals surface area contributed by atoms with Crippen molar-refractivity contribution in [2.75, 3.05) is 7.11 Å². The van der Waals surface area contributed by atoms with E-state index in [1.165, 1.54) is 7.11 Å². The van der Waals surface area contributed by atoms with Gasteiger partial charge < -0.3 is 9.94 Å². The molecule has 130 valence electrons. The van der Waals surface area contributed by atoms with Crippen LogP contribution in [-0.4, -0.2) is 30.3 Å². The van der Waals surface area contributed by atoms with Crippen LogP contribution in [0.15, 0.2) is 29.4 Å². The van der Waals surface area contributed by atoms with Crippen LogP contribution in [0.4, 0.5) is 26.3 Å². The van der Waals surface area contributed by atoms with Gasteiger partial charge >= 0.3 is 12.4 Å². The maximum atomic E-state index is 12.8. The van der Waals surface area contributed by atoms with Crippen LogP contribution in [-0.2, 0) is 10.4 Å².